The summed E-state index contributed by atoms with van der Waals surface area (Å²) in [7, 11) is 1.46. The molecular formula is C13H19N3O3S. The Morgan fingerprint density at radius 3 is 2.80 bits per heavy atom. The molecule has 20 heavy (non-hydrogen) atoms. The van der Waals surface area contributed by atoms with E-state index in [1.54, 1.807) is 6.07 Å². The molecule has 0 heterocycles. The molecule has 0 fully saturated rings. The number of nitro groups is 1. The van der Waals surface area contributed by atoms with Crippen molar-refractivity contribution in [2.24, 2.45) is 0 Å². The molecule has 110 valence electrons. The van der Waals surface area contributed by atoms with Gasteiger partial charge in [-0.3, -0.25) is 10.1 Å². The molecule has 0 saturated heterocycles. The maximum absolute atomic E-state index is 10.7. The quantitative estimate of drug-likeness (QED) is 0.477. The van der Waals surface area contributed by atoms with Crippen molar-refractivity contribution < 1.29 is 9.66 Å². The molecule has 1 atom stereocenters. The van der Waals surface area contributed by atoms with E-state index in [-0.39, 0.29) is 11.7 Å². The van der Waals surface area contributed by atoms with Gasteiger partial charge in [0.1, 0.15) is 5.75 Å². The van der Waals surface area contributed by atoms with Crippen molar-refractivity contribution in [2.45, 2.75) is 32.7 Å². The fourth-order valence-electron chi connectivity index (χ4n) is 1.78. The average molecular weight is 297 g/mol. The van der Waals surface area contributed by atoms with Crippen LogP contribution in [0, 0.1) is 10.1 Å². The van der Waals surface area contributed by atoms with E-state index in [4.69, 9.17) is 17.0 Å². The van der Waals surface area contributed by atoms with E-state index in [0.717, 1.165) is 12.8 Å². The Balaban J connectivity index is 2.76. The van der Waals surface area contributed by atoms with Crippen LogP contribution in [0.3, 0.4) is 0 Å². The number of hydrogen-bond acceptors (Lipinski definition) is 4. The number of thiocarbonyl (C=S) groups is 1. The molecule has 0 spiro atoms. The van der Waals surface area contributed by atoms with Gasteiger partial charge in [-0.25, -0.2) is 0 Å². The maximum Gasteiger partial charge on any atom is 0.273 e. The van der Waals surface area contributed by atoms with Crippen molar-refractivity contribution in [3.8, 4) is 5.75 Å². The molecule has 0 aromatic heterocycles. The van der Waals surface area contributed by atoms with Crippen LogP contribution in [-0.2, 0) is 0 Å². The van der Waals surface area contributed by atoms with Crippen LogP contribution in [0.15, 0.2) is 18.2 Å². The molecule has 0 amide bonds. The van der Waals surface area contributed by atoms with Gasteiger partial charge in [0.05, 0.1) is 23.8 Å². The fourth-order valence-corrected chi connectivity index (χ4v) is 2.10. The molecule has 6 nitrogen and oxygen atoms in total. The summed E-state index contributed by atoms with van der Waals surface area (Å²) in [6, 6.07) is 4.61. The van der Waals surface area contributed by atoms with Gasteiger partial charge < -0.3 is 15.4 Å². The lowest BCUT2D eigenvalue weighted by Gasteiger charge is -2.17. The zero-order chi connectivity index (χ0) is 15.1. The van der Waals surface area contributed by atoms with Gasteiger partial charge in [0.15, 0.2) is 5.11 Å². The molecule has 0 saturated carbocycles. The SMILES string of the molecule is CCCC(C)NC(=S)Nc1ccc([N+](=O)[O-])cc1OC. The highest BCUT2D eigenvalue weighted by Gasteiger charge is 2.12. The molecule has 2 N–H and O–H groups in total. The molecule has 0 aliphatic rings. The number of benzene rings is 1. The third-order valence-corrected chi connectivity index (χ3v) is 2.96. The van der Waals surface area contributed by atoms with Crippen molar-refractivity contribution in [1.82, 2.24) is 5.32 Å². The smallest absolute Gasteiger partial charge is 0.273 e. The molecule has 1 unspecified atom stereocenters. The van der Waals surface area contributed by atoms with Crippen LogP contribution in [0.4, 0.5) is 11.4 Å². The van der Waals surface area contributed by atoms with Crippen LogP contribution in [0.2, 0.25) is 0 Å². The van der Waals surface area contributed by atoms with Crippen molar-refractivity contribution in [2.75, 3.05) is 12.4 Å². The summed E-state index contributed by atoms with van der Waals surface area (Å²) < 4.78 is 5.14. The number of rotatable bonds is 6. The standard InChI is InChI=1S/C13H19N3O3S/c1-4-5-9(2)14-13(20)15-11-7-6-10(16(17)18)8-12(11)19-3/h6-9H,4-5H2,1-3H3,(H2,14,15,20). The number of nitro benzene ring substituents is 1. The predicted molar refractivity (Wildman–Crippen MR) is 83.4 cm³/mol. The Labute approximate surface area is 123 Å². The van der Waals surface area contributed by atoms with Gasteiger partial charge in [-0.1, -0.05) is 13.3 Å². The van der Waals surface area contributed by atoms with Crippen molar-refractivity contribution in [1.29, 1.82) is 0 Å². The highest BCUT2D eigenvalue weighted by Crippen LogP contribution is 2.28. The van der Waals surface area contributed by atoms with Crippen molar-refractivity contribution >= 4 is 28.7 Å². The molecule has 0 bridgehead atoms. The molecule has 0 aliphatic heterocycles. The zero-order valence-corrected chi connectivity index (χ0v) is 12.6. The molecule has 1 aromatic carbocycles. The fraction of sp³-hybridized carbons (Fsp3) is 0.462. The largest absolute Gasteiger partial charge is 0.494 e. The Kier molecular flexibility index (Phi) is 6.17. The summed E-state index contributed by atoms with van der Waals surface area (Å²) in [5.41, 5.74) is 0.574. The Bertz CT molecular complexity index is 494. The number of non-ortho nitro benzene ring substituents is 1. The molecule has 7 heteroatoms. The lowest BCUT2D eigenvalue weighted by atomic mass is 10.2. The summed E-state index contributed by atoms with van der Waals surface area (Å²) in [5, 5.41) is 17.3. The zero-order valence-electron chi connectivity index (χ0n) is 11.8. The van der Waals surface area contributed by atoms with E-state index in [2.05, 4.69) is 17.6 Å². The highest BCUT2D eigenvalue weighted by atomic mass is 32.1. The summed E-state index contributed by atoms with van der Waals surface area (Å²) in [6.45, 7) is 4.15. The lowest BCUT2D eigenvalue weighted by Crippen LogP contribution is -2.35. The number of hydrogen-bond donors (Lipinski definition) is 2. The van der Waals surface area contributed by atoms with Gasteiger partial charge in [0.25, 0.3) is 5.69 Å². The van der Waals surface area contributed by atoms with E-state index in [9.17, 15) is 10.1 Å². The Hall–Kier alpha value is -1.89. The second-order valence-corrected chi connectivity index (χ2v) is 4.84. The second kappa shape index (κ2) is 7.64. The first-order chi connectivity index (χ1) is 9.47. The first-order valence-corrected chi connectivity index (χ1v) is 6.78. The number of methoxy groups -OCH3 is 1. The first kappa shape index (κ1) is 16.2. The second-order valence-electron chi connectivity index (χ2n) is 4.43. The van der Waals surface area contributed by atoms with Gasteiger partial charge in [-0.2, -0.15) is 0 Å². The van der Waals surface area contributed by atoms with Gasteiger partial charge in [-0.15, -0.1) is 0 Å². The molecule has 1 aromatic rings. The molecule has 0 aliphatic carbocycles. The lowest BCUT2D eigenvalue weighted by molar-refractivity contribution is -0.384. The average Bonchev–Trinajstić information content (AvgIpc) is 2.38. The number of nitrogens with zero attached hydrogens (tertiary/aromatic N) is 1. The van der Waals surface area contributed by atoms with E-state index >= 15 is 0 Å². The Morgan fingerprint density at radius 2 is 2.25 bits per heavy atom. The highest BCUT2D eigenvalue weighted by molar-refractivity contribution is 7.80. The van der Waals surface area contributed by atoms with Crippen LogP contribution >= 0.6 is 12.2 Å². The van der Waals surface area contributed by atoms with Gasteiger partial charge in [0, 0.05) is 12.1 Å². The predicted octanol–water partition coefficient (Wildman–Crippen LogP) is 3.08. The topological polar surface area (TPSA) is 76.4 Å². The first-order valence-electron chi connectivity index (χ1n) is 6.37. The van der Waals surface area contributed by atoms with Gasteiger partial charge >= 0.3 is 0 Å². The summed E-state index contributed by atoms with van der Waals surface area (Å²) >= 11 is 5.21. The minimum atomic E-state index is -0.466. The Morgan fingerprint density at radius 1 is 1.55 bits per heavy atom. The van der Waals surface area contributed by atoms with E-state index < -0.39 is 4.92 Å². The molecule has 1 rings (SSSR count). The van der Waals surface area contributed by atoms with Crippen molar-refractivity contribution in [3.63, 3.8) is 0 Å². The number of ether oxygens (including phenoxy) is 1. The minimum absolute atomic E-state index is 0.0226. The maximum atomic E-state index is 10.7. The number of nitrogens with one attached hydrogen (secondary N) is 2. The van der Waals surface area contributed by atoms with Gasteiger partial charge in [-0.05, 0) is 31.6 Å². The van der Waals surface area contributed by atoms with Crippen LogP contribution in [0.1, 0.15) is 26.7 Å². The third kappa shape index (κ3) is 4.65. The molecule has 0 radical (unpaired) electrons. The van der Waals surface area contributed by atoms with E-state index in [1.807, 2.05) is 6.92 Å². The van der Waals surface area contributed by atoms with Crippen LogP contribution in [0.25, 0.3) is 0 Å². The molecular weight excluding hydrogens is 278 g/mol. The van der Waals surface area contributed by atoms with E-state index in [0.29, 0.717) is 16.5 Å². The summed E-state index contributed by atoms with van der Waals surface area (Å²) in [5.74, 6) is 0.381. The van der Waals surface area contributed by atoms with Crippen LogP contribution in [0.5, 0.6) is 5.75 Å². The van der Waals surface area contributed by atoms with Crippen molar-refractivity contribution in [3.05, 3.63) is 28.3 Å². The summed E-state index contributed by atoms with van der Waals surface area (Å²) in [6.07, 6.45) is 2.08. The summed E-state index contributed by atoms with van der Waals surface area (Å²) in [4.78, 5) is 10.2. The normalized spacial score (nSPS) is 11.6. The van der Waals surface area contributed by atoms with Gasteiger partial charge in [0.2, 0.25) is 0 Å². The number of anilines is 1. The monoisotopic (exact) mass is 297 g/mol. The van der Waals surface area contributed by atoms with Crippen LogP contribution in [-0.4, -0.2) is 23.2 Å². The van der Waals surface area contributed by atoms with E-state index in [1.165, 1.54) is 19.2 Å². The minimum Gasteiger partial charge on any atom is -0.494 e. The van der Waals surface area contributed by atoms with Crippen LogP contribution < -0.4 is 15.4 Å². The third-order valence-electron chi connectivity index (χ3n) is 2.74.